The predicted octanol–water partition coefficient (Wildman–Crippen LogP) is -0.949. The molecule has 6 N–H and O–H groups in total. The van der Waals surface area contributed by atoms with Crippen molar-refractivity contribution in [3.05, 3.63) is 55.7 Å². The molecule has 2 unspecified atom stereocenters. The average molecular weight is 635 g/mol. The number of aliphatic carboxylic acids is 1. The lowest BCUT2D eigenvalue weighted by molar-refractivity contribution is -0.150. The number of urea groups is 2. The third-order valence-electron chi connectivity index (χ3n) is 6.49. The van der Waals surface area contributed by atoms with Crippen LogP contribution in [0.5, 0.6) is 5.75 Å². The summed E-state index contributed by atoms with van der Waals surface area (Å²) in [4.78, 5) is 87.4. The first-order valence-corrected chi connectivity index (χ1v) is 14.4. The molecule has 228 valence electrons. The zero-order valence-electron chi connectivity index (χ0n) is 22.9. The van der Waals surface area contributed by atoms with Crippen LogP contribution in [0, 0.1) is 0 Å². The van der Waals surface area contributed by atoms with Gasteiger partial charge in [0.15, 0.2) is 5.16 Å². The van der Waals surface area contributed by atoms with Crippen molar-refractivity contribution in [3.8, 4) is 5.75 Å². The number of thioether (sulfide) groups is 2. The summed E-state index contributed by atoms with van der Waals surface area (Å²) >= 11 is 2.26. The fourth-order valence-corrected chi connectivity index (χ4v) is 6.63. The van der Waals surface area contributed by atoms with E-state index in [0.29, 0.717) is 5.57 Å². The van der Waals surface area contributed by atoms with Gasteiger partial charge in [0.2, 0.25) is 5.91 Å². The maximum atomic E-state index is 13.0. The van der Waals surface area contributed by atoms with Crippen molar-refractivity contribution in [1.29, 1.82) is 0 Å². The van der Waals surface area contributed by atoms with Crippen LogP contribution >= 0.6 is 23.5 Å². The van der Waals surface area contributed by atoms with Gasteiger partial charge in [-0.05, 0) is 17.2 Å². The summed E-state index contributed by atoms with van der Waals surface area (Å²) in [7, 11) is 3.93. The lowest BCUT2D eigenvalue weighted by Gasteiger charge is -2.49. The number of aromatic hydroxyl groups is 1. The van der Waals surface area contributed by atoms with Gasteiger partial charge >= 0.3 is 29.2 Å². The van der Waals surface area contributed by atoms with E-state index >= 15 is 0 Å². The number of hydrogen-bond acceptors (Lipinski definition) is 11. The Balaban J connectivity index is 1.44. The number of phenols is 1. The molecule has 17 nitrogen and oxygen atoms in total. The van der Waals surface area contributed by atoms with Gasteiger partial charge in [0.25, 0.3) is 5.91 Å². The SMILES string of the molecule is CNC(=O)N(C)C(=O)Nc1cc(O)ccc1CC(=O)NC1C(=O)N2C(C(=O)O)=C(CSc3n[nH]c(=O)c(=O)n3C)CSC12. The van der Waals surface area contributed by atoms with Gasteiger partial charge in [-0.15, -0.1) is 16.9 Å². The Morgan fingerprint density at radius 3 is 2.60 bits per heavy atom. The van der Waals surface area contributed by atoms with E-state index in [1.54, 1.807) is 0 Å². The lowest BCUT2D eigenvalue weighted by atomic mass is 10.0. The summed E-state index contributed by atoms with van der Waals surface area (Å²) in [5, 5.41) is 32.5. The van der Waals surface area contributed by atoms with Crippen LogP contribution < -0.4 is 27.1 Å². The first-order valence-electron chi connectivity index (χ1n) is 12.4. The smallest absolute Gasteiger partial charge is 0.352 e. The molecular weight excluding hydrogens is 608 g/mol. The van der Waals surface area contributed by atoms with Crippen LogP contribution in [0.1, 0.15) is 5.56 Å². The number of imide groups is 1. The monoisotopic (exact) mass is 634 g/mol. The number of rotatable bonds is 8. The standard InChI is InChI=1S/C24H26N8O9S2/c1-25-22(40)31(3)23(41)26-13-7-12(33)5-4-10(13)6-14(34)27-15-18(36)32-16(21(38)39)11(8-42-20(15)32)9-43-24-29-28-17(35)19(37)30(24)2/h4-5,7,15,20,33H,6,8-9H2,1-3H3,(H,25,40)(H,26,41)(H,27,34)(H,28,35)(H,38,39). The number of anilines is 1. The minimum absolute atomic E-state index is 0.0669. The number of aromatic nitrogens is 3. The number of amides is 6. The number of carbonyl (C=O) groups excluding carboxylic acids is 4. The molecule has 0 spiro atoms. The minimum atomic E-state index is -1.34. The molecule has 1 saturated heterocycles. The van der Waals surface area contributed by atoms with E-state index < -0.39 is 52.4 Å². The molecule has 2 aromatic rings. The average Bonchev–Trinajstić information content (AvgIpc) is 2.98. The number of hydrogen-bond donors (Lipinski definition) is 6. The number of aromatic amines is 1. The van der Waals surface area contributed by atoms with Crippen LogP contribution in [0.15, 0.2) is 44.2 Å². The molecule has 0 saturated carbocycles. The molecule has 0 bridgehead atoms. The van der Waals surface area contributed by atoms with Crippen molar-refractivity contribution < 1.29 is 34.2 Å². The highest BCUT2D eigenvalue weighted by atomic mass is 32.2. The van der Waals surface area contributed by atoms with E-state index in [4.69, 9.17) is 0 Å². The first-order chi connectivity index (χ1) is 20.3. The fraction of sp³-hybridized carbons (Fsp3) is 0.333. The van der Waals surface area contributed by atoms with Crippen molar-refractivity contribution in [2.75, 3.05) is 30.9 Å². The van der Waals surface area contributed by atoms with E-state index in [9.17, 15) is 43.8 Å². The number of phenolic OH excluding ortho intramolecular Hbond substituents is 1. The van der Waals surface area contributed by atoms with Crippen molar-refractivity contribution in [1.82, 2.24) is 35.2 Å². The van der Waals surface area contributed by atoms with Gasteiger partial charge in [0.05, 0.1) is 6.42 Å². The Kier molecular flexibility index (Phi) is 9.14. The van der Waals surface area contributed by atoms with Gasteiger partial charge in [-0.2, -0.15) is 0 Å². The highest BCUT2D eigenvalue weighted by molar-refractivity contribution is 8.01. The van der Waals surface area contributed by atoms with Gasteiger partial charge in [-0.25, -0.2) is 24.4 Å². The summed E-state index contributed by atoms with van der Waals surface area (Å²) in [6.07, 6.45) is -0.310. The molecule has 2 aliphatic rings. The van der Waals surface area contributed by atoms with E-state index in [2.05, 4.69) is 26.1 Å². The van der Waals surface area contributed by atoms with E-state index in [-0.39, 0.29) is 45.8 Å². The molecule has 0 radical (unpaired) electrons. The number of fused-ring (bicyclic) bond motifs is 1. The number of β-lactam (4-membered cyclic amide) rings is 1. The number of benzene rings is 1. The maximum Gasteiger partial charge on any atom is 0.352 e. The molecule has 0 aliphatic carbocycles. The lowest BCUT2D eigenvalue weighted by Crippen LogP contribution is -2.70. The van der Waals surface area contributed by atoms with E-state index in [1.807, 2.05) is 0 Å². The fourth-order valence-electron chi connectivity index (χ4n) is 4.23. The van der Waals surface area contributed by atoms with Gasteiger partial charge < -0.3 is 26.2 Å². The molecule has 1 aromatic carbocycles. The highest BCUT2D eigenvalue weighted by Gasteiger charge is 2.54. The predicted molar refractivity (Wildman–Crippen MR) is 154 cm³/mol. The summed E-state index contributed by atoms with van der Waals surface area (Å²) in [5.74, 6) is -2.50. The number of H-pyrrole nitrogens is 1. The number of carbonyl (C=O) groups is 5. The molecule has 1 fully saturated rings. The number of carboxylic acids is 1. The third kappa shape index (κ3) is 6.36. The van der Waals surface area contributed by atoms with Gasteiger partial charge in [0, 0.05) is 44.4 Å². The molecule has 1 aromatic heterocycles. The van der Waals surface area contributed by atoms with Crippen LogP contribution in [-0.4, -0.2) is 102 Å². The molecule has 6 amide bonds. The molecular formula is C24H26N8O9S2. The van der Waals surface area contributed by atoms with Crippen LogP contribution in [0.3, 0.4) is 0 Å². The molecule has 4 rings (SSSR count). The van der Waals surface area contributed by atoms with Gasteiger partial charge in [0.1, 0.15) is 22.9 Å². The second-order valence-electron chi connectivity index (χ2n) is 9.26. The molecule has 2 atom stereocenters. The molecule has 43 heavy (non-hydrogen) atoms. The summed E-state index contributed by atoms with van der Waals surface area (Å²) < 4.78 is 1.04. The minimum Gasteiger partial charge on any atom is -0.508 e. The summed E-state index contributed by atoms with van der Waals surface area (Å²) in [6.45, 7) is 0. The van der Waals surface area contributed by atoms with Crippen molar-refractivity contribution in [2.24, 2.45) is 7.05 Å². The first kappa shape index (κ1) is 31.2. The topological polar surface area (TPSA) is 236 Å². The highest BCUT2D eigenvalue weighted by Crippen LogP contribution is 2.41. The normalized spacial score (nSPS) is 17.5. The van der Waals surface area contributed by atoms with Crippen molar-refractivity contribution in [3.63, 3.8) is 0 Å². The molecule has 2 aliphatic heterocycles. The zero-order chi connectivity index (χ0) is 31.6. The van der Waals surface area contributed by atoms with Crippen molar-refractivity contribution >= 4 is 59.1 Å². The Morgan fingerprint density at radius 2 is 1.93 bits per heavy atom. The van der Waals surface area contributed by atoms with Crippen LogP contribution in [0.4, 0.5) is 15.3 Å². The number of nitrogens with one attached hydrogen (secondary N) is 4. The Morgan fingerprint density at radius 1 is 1.21 bits per heavy atom. The third-order valence-corrected chi connectivity index (χ3v) is 8.95. The Labute approximate surface area is 250 Å². The zero-order valence-corrected chi connectivity index (χ0v) is 24.5. The van der Waals surface area contributed by atoms with Gasteiger partial charge in [-0.1, -0.05) is 17.8 Å². The second kappa shape index (κ2) is 12.6. The summed E-state index contributed by atoms with van der Waals surface area (Å²) in [5.41, 5.74) is -1.21. The number of carboxylic acid groups (broad SMARTS) is 1. The van der Waals surface area contributed by atoms with Crippen LogP contribution in [0.25, 0.3) is 0 Å². The van der Waals surface area contributed by atoms with Crippen LogP contribution in [-0.2, 0) is 27.9 Å². The van der Waals surface area contributed by atoms with E-state index in [1.165, 1.54) is 51.1 Å². The van der Waals surface area contributed by atoms with Crippen molar-refractivity contribution in [2.45, 2.75) is 23.0 Å². The van der Waals surface area contributed by atoms with E-state index in [0.717, 1.165) is 26.1 Å². The largest absolute Gasteiger partial charge is 0.508 e. The van der Waals surface area contributed by atoms with Crippen LogP contribution in [0.2, 0.25) is 0 Å². The van der Waals surface area contributed by atoms with Gasteiger partial charge in [-0.3, -0.25) is 28.6 Å². The second-order valence-corrected chi connectivity index (χ2v) is 11.3. The Bertz CT molecular complexity index is 1670. The quantitative estimate of drug-likeness (QED) is 0.117. The molecule has 19 heteroatoms. The summed E-state index contributed by atoms with van der Waals surface area (Å²) in [6, 6.07) is 1.38. The Hall–Kier alpha value is -4.78. The molecule has 3 heterocycles. The maximum absolute atomic E-state index is 13.0. The number of nitrogens with zero attached hydrogens (tertiary/aromatic N) is 4.